The van der Waals surface area contributed by atoms with E-state index in [9.17, 15) is 5.11 Å². The largest absolute Gasteiger partial charge is 0.493 e. The lowest BCUT2D eigenvalue weighted by Crippen LogP contribution is -2.15. The molecule has 5 nitrogen and oxygen atoms in total. The van der Waals surface area contributed by atoms with Crippen molar-refractivity contribution in [2.24, 2.45) is 0 Å². The first-order valence-corrected chi connectivity index (χ1v) is 13.2. The third-order valence-electron chi connectivity index (χ3n) is 5.71. The fourth-order valence-corrected chi connectivity index (χ4v) is 6.09. The SMILES string of the molecule is COc1ccc(-c2cc(CSc3nc(C)cc(C)n3)c(-c3cc(C(C)(C)O)ccc3F)s2)cc1OC. The van der Waals surface area contributed by atoms with E-state index in [1.165, 1.54) is 29.2 Å². The van der Waals surface area contributed by atoms with Crippen LogP contribution in [0.5, 0.6) is 11.5 Å². The summed E-state index contributed by atoms with van der Waals surface area (Å²) in [4.78, 5) is 10.9. The van der Waals surface area contributed by atoms with Crippen LogP contribution in [0.4, 0.5) is 4.39 Å². The highest BCUT2D eigenvalue weighted by molar-refractivity contribution is 7.98. The molecule has 8 heteroatoms. The lowest BCUT2D eigenvalue weighted by atomic mass is 9.95. The normalized spacial score (nSPS) is 11.6. The van der Waals surface area contributed by atoms with Crippen LogP contribution in [0.1, 0.15) is 36.4 Å². The predicted octanol–water partition coefficient (Wildman–Crippen LogP) is 7.16. The average molecular weight is 525 g/mol. The maximum Gasteiger partial charge on any atom is 0.188 e. The molecule has 0 radical (unpaired) electrons. The van der Waals surface area contributed by atoms with Crippen molar-refractivity contribution in [1.29, 1.82) is 0 Å². The predicted molar refractivity (Wildman–Crippen MR) is 145 cm³/mol. The lowest BCUT2D eigenvalue weighted by Gasteiger charge is -2.19. The van der Waals surface area contributed by atoms with Crippen LogP contribution in [0.25, 0.3) is 20.9 Å². The van der Waals surface area contributed by atoms with E-state index >= 15 is 4.39 Å². The number of hydrogen-bond acceptors (Lipinski definition) is 7. The van der Waals surface area contributed by atoms with Crippen LogP contribution in [-0.4, -0.2) is 29.3 Å². The molecule has 0 amide bonds. The molecule has 0 atom stereocenters. The van der Waals surface area contributed by atoms with E-state index in [2.05, 4.69) is 16.0 Å². The van der Waals surface area contributed by atoms with Crippen molar-refractivity contribution in [3.63, 3.8) is 0 Å². The molecular formula is C28H29FN2O3S2. The van der Waals surface area contributed by atoms with Gasteiger partial charge in [0.25, 0.3) is 0 Å². The molecule has 0 saturated heterocycles. The second kappa shape index (κ2) is 10.6. The van der Waals surface area contributed by atoms with Gasteiger partial charge < -0.3 is 14.6 Å². The Labute approximate surface area is 219 Å². The van der Waals surface area contributed by atoms with Gasteiger partial charge in [0.05, 0.1) is 19.8 Å². The number of aliphatic hydroxyl groups is 1. The van der Waals surface area contributed by atoms with E-state index < -0.39 is 5.60 Å². The summed E-state index contributed by atoms with van der Waals surface area (Å²) in [7, 11) is 3.20. The van der Waals surface area contributed by atoms with Gasteiger partial charge in [0.2, 0.25) is 0 Å². The number of hydrogen-bond donors (Lipinski definition) is 1. The minimum atomic E-state index is -1.09. The Hall–Kier alpha value is -2.94. The summed E-state index contributed by atoms with van der Waals surface area (Å²) in [5.41, 5.74) is 3.74. The number of nitrogens with zero attached hydrogens (tertiary/aromatic N) is 2. The summed E-state index contributed by atoms with van der Waals surface area (Å²) < 4.78 is 26.1. The maximum atomic E-state index is 15.2. The van der Waals surface area contributed by atoms with E-state index in [0.29, 0.717) is 33.5 Å². The number of thiophene rings is 1. The van der Waals surface area contributed by atoms with Crippen LogP contribution in [0.2, 0.25) is 0 Å². The van der Waals surface area contributed by atoms with Crippen molar-refractivity contribution in [2.75, 3.05) is 14.2 Å². The number of rotatable bonds is 8. The van der Waals surface area contributed by atoms with Crippen molar-refractivity contribution in [3.8, 4) is 32.4 Å². The minimum Gasteiger partial charge on any atom is -0.493 e. The topological polar surface area (TPSA) is 64.5 Å². The first-order chi connectivity index (χ1) is 17.1. The van der Waals surface area contributed by atoms with Gasteiger partial charge in [-0.15, -0.1) is 11.3 Å². The molecule has 0 aliphatic rings. The number of aryl methyl sites for hydroxylation is 2. The molecule has 4 rings (SSSR count). The second-order valence-electron chi connectivity index (χ2n) is 9.01. The van der Waals surface area contributed by atoms with Crippen molar-refractivity contribution < 1.29 is 19.0 Å². The van der Waals surface area contributed by atoms with E-state index in [0.717, 1.165) is 32.3 Å². The summed E-state index contributed by atoms with van der Waals surface area (Å²) in [6.07, 6.45) is 0. The smallest absolute Gasteiger partial charge is 0.188 e. The molecule has 0 aliphatic carbocycles. The number of ether oxygens (including phenoxy) is 2. The fraction of sp³-hybridized carbons (Fsp3) is 0.286. The molecule has 0 bridgehead atoms. The van der Waals surface area contributed by atoms with E-state index in [-0.39, 0.29) is 5.82 Å². The van der Waals surface area contributed by atoms with Crippen LogP contribution in [-0.2, 0) is 11.4 Å². The molecule has 2 heterocycles. The van der Waals surface area contributed by atoms with Gasteiger partial charge in [-0.2, -0.15) is 0 Å². The Morgan fingerprint density at radius 1 is 0.944 bits per heavy atom. The molecule has 4 aromatic rings. The number of halogens is 1. The molecule has 2 aromatic carbocycles. The quantitative estimate of drug-likeness (QED) is 0.195. The average Bonchev–Trinajstić information content (AvgIpc) is 3.25. The molecule has 1 N–H and O–H groups in total. The highest BCUT2D eigenvalue weighted by atomic mass is 32.2. The van der Waals surface area contributed by atoms with Gasteiger partial charge in [0, 0.05) is 32.5 Å². The van der Waals surface area contributed by atoms with Crippen LogP contribution >= 0.6 is 23.1 Å². The zero-order valence-electron chi connectivity index (χ0n) is 21.2. The zero-order chi connectivity index (χ0) is 26.0. The molecule has 0 fully saturated rings. The van der Waals surface area contributed by atoms with Gasteiger partial charge in [-0.3, -0.25) is 0 Å². The Morgan fingerprint density at radius 3 is 2.28 bits per heavy atom. The fourth-order valence-electron chi connectivity index (χ4n) is 3.88. The minimum absolute atomic E-state index is 0.336. The van der Waals surface area contributed by atoms with Crippen LogP contribution in [0.15, 0.2) is 53.7 Å². The lowest BCUT2D eigenvalue weighted by molar-refractivity contribution is 0.0786. The van der Waals surface area contributed by atoms with Crippen molar-refractivity contribution >= 4 is 23.1 Å². The van der Waals surface area contributed by atoms with E-state index in [1.54, 1.807) is 40.2 Å². The third-order valence-corrected chi connectivity index (χ3v) is 7.87. The number of thioether (sulfide) groups is 1. The van der Waals surface area contributed by atoms with Crippen molar-refractivity contribution in [1.82, 2.24) is 9.97 Å². The number of benzene rings is 2. The van der Waals surface area contributed by atoms with Gasteiger partial charge in [0.15, 0.2) is 16.7 Å². The van der Waals surface area contributed by atoms with Gasteiger partial charge in [-0.05, 0) is 86.8 Å². The Balaban J connectivity index is 1.81. The van der Waals surface area contributed by atoms with Crippen molar-refractivity contribution in [2.45, 2.75) is 44.2 Å². The Morgan fingerprint density at radius 2 is 1.64 bits per heavy atom. The van der Waals surface area contributed by atoms with Crippen LogP contribution in [0, 0.1) is 19.7 Å². The maximum absolute atomic E-state index is 15.2. The Kier molecular flexibility index (Phi) is 7.68. The summed E-state index contributed by atoms with van der Waals surface area (Å²) in [6.45, 7) is 7.28. The highest BCUT2D eigenvalue weighted by Crippen LogP contribution is 2.43. The van der Waals surface area contributed by atoms with E-state index in [4.69, 9.17) is 9.47 Å². The molecule has 0 saturated carbocycles. The monoisotopic (exact) mass is 524 g/mol. The standard InChI is InChI=1S/C28H29FN2O3S2/c1-16-11-17(2)31-27(30-16)35-15-19-13-25(18-7-10-23(33-5)24(12-18)34-6)36-26(19)21-14-20(28(3,4)32)8-9-22(21)29/h7-14,32H,15H2,1-6H3. The highest BCUT2D eigenvalue weighted by Gasteiger charge is 2.22. The first kappa shape index (κ1) is 26.1. The summed E-state index contributed by atoms with van der Waals surface area (Å²) in [6, 6.07) is 14.5. The van der Waals surface area contributed by atoms with Gasteiger partial charge in [0.1, 0.15) is 5.82 Å². The molecule has 0 aliphatic heterocycles. The Bertz CT molecular complexity index is 1380. The van der Waals surface area contributed by atoms with Gasteiger partial charge >= 0.3 is 0 Å². The number of methoxy groups -OCH3 is 2. The molecule has 36 heavy (non-hydrogen) atoms. The van der Waals surface area contributed by atoms with Crippen molar-refractivity contribution in [3.05, 3.63) is 76.9 Å². The van der Waals surface area contributed by atoms with Crippen LogP contribution in [0.3, 0.4) is 0 Å². The van der Waals surface area contributed by atoms with Gasteiger partial charge in [-0.25, -0.2) is 14.4 Å². The first-order valence-electron chi connectivity index (χ1n) is 11.4. The summed E-state index contributed by atoms with van der Waals surface area (Å²) in [5.74, 6) is 1.50. The van der Waals surface area contributed by atoms with E-state index in [1.807, 2.05) is 38.1 Å². The summed E-state index contributed by atoms with van der Waals surface area (Å²) in [5, 5.41) is 11.2. The second-order valence-corrected chi connectivity index (χ2v) is 11.0. The molecular weight excluding hydrogens is 495 g/mol. The van der Waals surface area contributed by atoms with Crippen LogP contribution < -0.4 is 9.47 Å². The molecule has 188 valence electrons. The van der Waals surface area contributed by atoms with Gasteiger partial charge in [-0.1, -0.05) is 17.8 Å². The molecule has 0 spiro atoms. The summed E-state index contributed by atoms with van der Waals surface area (Å²) >= 11 is 3.02. The molecule has 0 unspecified atom stereocenters. The third kappa shape index (κ3) is 5.72. The number of aromatic nitrogens is 2. The zero-order valence-corrected chi connectivity index (χ0v) is 22.8. The molecule has 2 aromatic heterocycles.